The molecule has 2 aromatic carbocycles. The summed E-state index contributed by atoms with van der Waals surface area (Å²) in [5.41, 5.74) is -3.18. The first-order valence-electron chi connectivity index (χ1n) is 7.81. The van der Waals surface area contributed by atoms with E-state index in [-0.39, 0.29) is 16.3 Å². The molecule has 150 valence electrons. The van der Waals surface area contributed by atoms with Crippen molar-refractivity contribution in [3.8, 4) is 5.75 Å². The minimum Gasteiger partial charge on any atom is -0.497 e. The van der Waals surface area contributed by atoms with Gasteiger partial charge >= 0.3 is 6.18 Å². The third-order valence-electron chi connectivity index (χ3n) is 3.82. The van der Waals surface area contributed by atoms with Gasteiger partial charge in [-0.25, -0.2) is 0 Å². The summed E-state index contributed by atoms with van der Waals surface area (Å²) < 4.78 is 43.1. The number of rotatable bonds is 5. The van der Waals surface area contributed by atoms with Crippen molar-refractivity contribution < 1.29 is 32.6 Å². The highest BCUT2D eigenvalue weighted by Crippen LogP contribution is 2.32. The Balaban J connectivity index is 2.12. The van der Waals surface area contributed by atoms with Crippen molar-refractivity contribution in [3.63, 3.8) is 0 Å². The van der Waals surface area contributed by atoms with E-state index in [4.69, 9.17) is 16.3 Å². The Morgan fingerprint density at radius 3 is 2.18 bits per heavy atom. The van der Waals surface area contributed by atoms with Gasteiger partial charge in [-0.3, -0.25) is 9.59 Å². The molecular weight excluding hydrogens is 401 g/mol. The Bertz CT molecular complexity index is 883. The second-order valence-corrected chi connectivity index (χ2v) is 6.31. The zero-order chi connectivity index (χ0) is 21.1. The van der Waals surface area contributed by atoms with Crippen molar-refractivity contribution in [1.29, 1.82) is 0 Å². The van der Waals surface area contributed by atoms with Crippen LogP contribution in [0, 0.1) is 0 Å². The van der Waals surface area contributed by atoms with Crippen LogP contribution in [0.25, 0.3) is 0 Å². The lowest BCUT2D eigenvalue weighted by molar-refractivity contribution is -0.242. The highest BCUT2D eigenvalue weighted by molar-refractivity contribution is 6.34. The van der Waals surface area contributed by atoms with E-state index in [9.17, 15) is 27.9 Å². The molecule has 3 N–H and O–H groups in total. The molecule has 0 bridgehead atoms. The molecule has 0 spiro atoms. The maximum absolute atomic E-state index is 12.7. The van der Waals surface area contributed by atoms with Crippen molar-refractivity contribution >= 4 is 34.8 Å². The van der Waals surface area contributed by atoms with Gasteiger partial charge in [-0.1, -0.05) is 11.6 Å². The Morgan fingerprint density at radius 1 is 1.07 bits per heavy atom. The number of ether oxygens (including phenoxy) is 1. The molecule has 28 heavy (non-hydrogen) atoms. The zero-order valence-corrected chi connectivity index (χ0v) is 15.5. The number of carbonyl (C=O) groups is 2. The van der Waals surface area contributed by atoms with Gasteiger partial charge in [-0.05, 0) is 49.4 Å². The predicted molar refractivity (Wildman–Crippen MR) is 97.7 cm³/mol. The third kappa shape index (κ3) is 4.73. The molecule has 0 heterocycles. The predicted octanol–water partition coefficient (Wildman–Crippen LogP) is 3.85. The molecule has 1 atom stereocenters. The number of methoxy groups -OCH3 is 1. The van der Waals surface area contributed by atoms with E-state index in [1.54, 1.807) is 24.3 Å². The van der Waals surface area contributed by atoms with Crippen molar-refractivity contribution in [2.45, 2.75) is 18.7 Å². The van der Waals surface area contributed by atoms with Crippen LogP contribution in [-0.2, 0) is 4.79 Å². The maximum Gasteiger partial charge on any atom is 0.426 e. The Hall–Kier alpha value is -2.78. The third-order valence-corrected chi connectivity index (χ3v) is 4.13. The average molecular weight is 417 g/mol. The minimum absolute atomic E-state index is 0.112. The topological polar surface area (TPSA) is 87.7 Å². The molecule has 2 amide bonds. The number of amides is 2. The van der Waals surface area contributed by atoms with E-state index in [0.717, 1.165) is 6.07 Å². The highest BCUT2D eigenvalue weighted by Gasteiger charge is 2.55. The van der Waals surface area contributed by atoms with Gasteiger partial charge in [0.05, 0.1) is 17.8 Å². The summed E-state index contributed by atoms with van der Waals surface area (Å²) in [7, 11) is 1.50. The number of halogens is 4. The van der Waals surface area contributed by atoms with Gasteiger partial charge in [0.1, 0.15) is 5.75 Å². The second kappa shape index (κ2) is 8.07. The van der Waals surface area contributed by atoms with E-state index in [1.165, 1.54) is 19.2 Å². The first kappa shape index (κ1) is 21.5. The molecule has 2 rings (SSSR count). The van der Waals surface area contributed by atoms with Crippen LogP contribution in [-0.4, -0.2) is 35.8 Å². The van der Waals surface area contributed by atoms with E-state index in [1.807, 2.05) is 5.32 Å². The molecule has 2 aromatic rings. The van der Waals surface area contributed by atoms with Gasteiger partial charge in [0.25, 0.3) is 11.8 Å². The molecule has 0 saturated carbocycles. The molecule has 6 nitrogen and oxygen atoms in total. The lowest BCUT2D eigenvalue weighted by atomic mass is 10.1. The van der Waals surface area contributed by atoms with Crippen LogP contribution in [0.4, 0.5) is 24.5 Å². The summed E-state index contributed by atoms with van der Waals surface area (Å²) in [6.45, 7) is 0.326. The summed E-state index contributed by atoms with van der Waals surface area (Å²) in [6, 6.07) is 10.1. The van der Waals surface area contributed by atoms with Gasteiger partial charge in [0.15, 0.2) is 0 Å². The van der Waals surface area contributed by atoms with Crippen LogP contribution >= 0.6 is 11.6 Å². The number of hydrogen-bond donors (Lipinski definition) is 3. The van der Waals surface area contributed by atoms with E-state index < -0.39 is 23.6 Å². The number of hydrogen-bond acceptors (Lipinski definition) is 4. The van der Waals surface area contributed by atoms with Crippen LogP contribution in [0.3, 0.4) is 0 Å². The quantitative estimate of drug-likeness (QED) is 0.690. The maximum atomic E-state index is 12.7. The molecule has 0 aliphatic heterocycles. The van der Waals surface area contributed by atoms with Gasteiger partial charge in [0.2, 0.25) is 5.60 Å². The monoisotopic (exact) mass is 416 g/mol. The highest BCUT2D eigenvalue weighted by atomic mass is 35.5. The Kier molecular flexibility index (Phi) is 6.20. The van der Waals surface area contributed by atoms with Gasteiger partial charge in [0, 0.05) is 11.3 Å². The lowest BCUT2D eigenvalue weighted by Gasteiger charge is -2.25. The first-order valence-corrected chi connectivity index (χ1v) is 8.19. The fraction of sp³-hybridized carbons (Fsp3) is 0.222. The van der Waals surface area contributed by atoms with Crippen LogP contribution in [0.1, 0.15) is 17.3 Å². The van der Waals surface area contributed by atoms with Crippen molar-refractivity contribution in [1.82, 2.24) is 0 Å². The zero-order valence-electron chi connectivity index (χ0n) is 14.7. The number of alkyl halides is 3. The molecule has 0 saturated heterocycles. The Labute approximate surface area is 163 Å². The van der Waals surface area contributed by atoms with E-state index in [2.05, 4.69) is 5.32 Å². The summed E-state index contributed by atoms with van der Waals surface area (Å²) in [5, 5.41) is 13.7. The van der Waals surface area contributed by atoms with E-state index >= 15 is 0 Å². The number of benzene rings is 2. The SMILES string of the molecule is COc1ccc(NC(=O)c2ccc(NC(=O)C(C)(O)C(F)(F)F)c(Cl)c2)cc1. The fourth-order valence-electron chi connectivity index (χ4n) is 2.01. The van der Waals surface area contributed by atoms with E-state index in [0.29, 0.717) is 18.4 Å². The Morgan fingerprint density at radius 2 is 1.68 bits per heavy atom. The molecule has 0 aliphatic carbocycles. The number of anilines is 2. The van der Waals surface area contributed by atoms with Gasteiger partial charge in [-0.15, -0.1) is 0 Å². The van der Waals surface area contributed by atoms with Crippen LogP contribution < -0.4 is 15.4 Å². The first-order chi connectivity index (χ1) is 13.0. The van der Waals surface area contributed by atoms with Gasteiger partial charge < -0.3 is 20.5 Å². The summed E-state index contributed by atoms with van der Waals surface area (Å²) in [6.07, 6.45) is -5.16. The molecule has 0 aromatic heterocycles. The molecule has 0 aliphatic rings. The standard InChI is InChI=1S/C18H16ClF3N2O4/c1-17(27,18(20,21)22)16(26)24-14-8-3-10(9-13(14)19)15(25)23-11-4-6-12(28-2)7-5-11/h3-9,27H,1-2H3,(H,23,25)(H,24,26). The molecule has 10 heteroatoms. The second-order valence-electron chi connectivity index (χ2n) is 5.90. The fourth-order valence-corrected chi connectivity index (χ4v) is 2.24. The number of nitrogens with one attached hydrogen (secondary N) is 2. The van der Waals surface area contributed by atoms with Crippen molar-refractivity contribution in [2.75, 3.05) is 17.7 Å². The van der Waals surface area contributed by atoms with Crippen LogP contribution in [0.5, 0.6) is 5.75 Å². The largest absolute Gasteiger partial charge is 0.497 e. The normalized spacial score (nSPS) is 13.4. The molecule has 1 unspecified atom stereocenters. The summed E-state index contributed by atoms with van der Waals surface area (Å²) >= 11 is 5.95. The average Bonchev–Trinajstić information content (AvgIpc) is 2.62. The van der Waals surface area contributed by atoms with Crippen LogP contribution in [0.2, 0.25) is 5.02 Å². The van der Waals surface area contributed by atoms with Crippen LogP contribution in [0.15, 0.2) is 42.5 Å². The smallest absolute Gasteiger partial charge is 0.426 e. The summed E-state index contributed by atoms with van der Waals surface area (Å²) in [5.74, 6) is -1.61. The van der Waals surface area contributed by atoms with Crippen molar-refractivity contribution in [3.05, 3.63) is 53.1 Å². The lowest BCUT2D eigenvalue weighted by Crippen LogP contribution is -2.52. The number of aliphatic hydroxyl groups is 1. The summed E-state index contributed by atoms with van der Waals surface area (Å²) in [4.78, 5) is 24.0. The molecular formula is C18H16ClF3N2O4. The minimum atomic E-state index is -5.16. The van der Waals surface area contributed by atoms with Crippen molar-refractivity contribution in [2.24, 2.45) is 0 Å². The number of carbonyl (C=O) groups excluding carboxylic acids is 2. The van der Waals surface area contributed by atoms with Gasteiger partial charge in [-0.2, -0.15) is 13.2 Å². The molecule has 0 fully saturated rings. The molecule has 0 radical (unpaired) electrons.